The fourth-order valence-corrected chi connectivity index (χ4v) is 2.01. The number of hydrogen-bond donors (Lipinski definition) is 1. The highest BCUT2D eigenvalue weighted by Gasteiger charge is 2.39. The van der Waals surface area contributed by atoms with Gasteiger partial charge in [0.25, 0.3) is 0 Å². The van der Waals surface area contributed by atoms with Crippen LogP contribution < -0.4 is 5.73 Å². The van der Waals surface area contributed by atoms with Gasteiger partial charge in [-0.2, -0.15) is 0 Å². The van der Waals surface area contributed by atoms with E-state index >= 15 is 0 Å². The molecular formula is C18H37NO3. The van der Waals surface area contributed by atoms with Crippen molar-refractivity contribution in [2.45, 2.75) is 79.9 Å². The molecule has 0 heterocycles. The first-order valence-corrected chi connectivity index (χ1v) is 8.16. The Morgan fingerprint density at radius 1 is 0.909 bits per heavy atom. The molecule has 132 valence electrons. The van der Waals surface area contributed by atoms with Crippen LogP contribution in [0.25, 0.3) is 0 Å². The highest BCUT2D eigenvalue weighted by Crippen LogP contribution is 2.27. The lowest BCUT2D eigenvalue weighted by Crippen LogP contribution is -2.47. The summed E-state index contributed by atoms with van der Waals surface area (Å²) < 4.78 is 11.8. The van der Waals surface area contributed by atoms with E-state index in [1.165, 1.54) is 0 Å². The van der Waals surface area contributed by atoms with Crippen molar-refractivity contribution in [1.82, 2.24) is 0 Å². The minimum atomic E-state index is -0.830. The molecule has 0 amide bonds. The van der Waals surface area contributed by atoms with Crippen molar-refractivity contribution in [1.29, 1.82) is 0 Å². The molecule has 0 radical (unpaired) electrons. The Balaban J connectivity index is 4.47. The molecule has 0 rings (SSSR count). The van der Waals surface area contributed by atoms with Gasteiger partial charge in [-0.1, -0.05) is 34.6 Å². The molecule has 0 aromatic rings. The van der Waals surface area contributed by atoms with Gasteiger partial charge < -0.3 is 15.2 Å². The molecule has 0 fully saturated rings. The number of hydrogen-bond acceptors (Lipinski definition) is 4. The first-order valence-electron chi connectivity index (χ1n) is 8.16. The van der Waals surface area contributed by atoms with Crippen LogP contribution in [0.15, 0.2) is 0 Å². The molecule has 0 unspecified atom stereocenters. The van der Waals surface area contributed by atoms with Gasteiger partial charge in [0, 0.05) is 12.0 Å². The molecule has 22 heavy (non-hydrogen) atoms. The summed E-state index contributed by atoms with van der Waals surface area (Å²) in [7, 11) is 0. The average Bonchev–Trinajstić information content (AvgIpc) is 2.34. The predicted molar refractivity (Wildman–Crippen MR) is 92.0 cm³/mol. The summed E-state index contributed by atoms with van der Waals surface area (Å²) in [5.41, 5.74) is 4.16. The zero-order valence-electron chi connectivity index (χ0n) is 16.1. The third-order valence-electron chi connectivity index (χ3n) is 3.73. The van der Waals surface area contributed by atoms with Crippen molar-refractivity contribution in [3.05, 3.63) is 0 Å². The molecule has 0 aromatic carbocycles. The molecule has 4 heteroatoms. The molecule has 4 nitrogen and oxygen atoms in total. The Morgan fingerprint density at radius 3 is 1.82 bits per heavy atom. The maximum atomic E-state index is 12.5. The van der Waals surface area contributed by atoms with E-state index in [9.17, 15) is 4.79 Å². The minimum Gasteiger partial charge on any atom is -0.375 e. The summed E-state index contributed by atoms with van der Waals surface area (Å²) in [5, 5.41) is 0. The van der Waals surface area contributed by atoms with Gasteiger partial charge in [-0.05, 0) is 39.5 Å². The van der Waals surface area contributed by atoms with Crippen molar-refractivity contribution in [2.75, 3.05) is 19.8 Å². The van der Waals surface area contributed by atoms with Crippen molar-refractivity contribution in [2.24, 2.45) is 16.6 Å². The maximum absolute atomic E-state index is 12.5. The van der Waals surface area contributed by atoms with Crippen LogP contribution in [0.4, 0.5) is 0 Å². The highest BCUT2D eigenvalue weighted by atomic mass is 16.5. The quantitative estimate of drug-likeness (QED) is 0.706. The van der Waals surface area contributed by atoms with Gasteiger partial charge in [-0.25, -0.2) is 0 Å². The van der Waals surface area contributed by atoms with E-state index in [2.05, 4.69) is 34.6 Å². The van der Waals surface area contributed by atoms with Gasteiger partial charge in [-0.3, -0.25) is 4.79 Å². The molecule has 0 saturated carbocycles. The number of carbonyl (C=O) groups is 1. The molecule has 0 bridgehead atoms. The molecule has 0 aromatic heterocycles. The third kappa shape index (κ3) is 7.70. The first-order chi connectivity index (χ1) is 9.63. The van der Waals surface area contributed by atoms with E-state index in [0.29, 0.717) is 19.8 Å². The minimum absolute atomic E-state index is 0.0379. The van der Waals surface area contributed by atoms with Crippen molar-refractivity contribution >= 4 is 5.78 Å². The zero-order chi connectivity index (χ0) is 17.8. The lowest BCUT2D eigenvalue weighted by atomic mass is 9.80. The number of ketones is 1. The second kappa shape index (κ2) is 7.41. The summed E-state index contributed by atoms with van der Waals surface area (Å²) in [5.74, 6) is 0.0379. The molecule has 0 saturated heterocycles. The van der Waals surface area contributed by atoms with E-state index in [1.54, 1.807) is 0 Å². The van der Waals surface area contributed by atoms with Gasteiger partial charge in [0.05, 0.1) is 18.8 Å². The number of ether oxygens (including phenoxy) is 2. The molecule has 0 atom stereocenters. The van der Waals surface area contributed by atoms with Crippen LogP contribution in [0.2, 0.25) is 0 Å². The fraction of sp³-hybridized carbons (Fsp3) is 0.944. The lowest BCUT2D eigenvalue weighted by molar-refractivity contribution is -0.152. The molecule has 0 aliphatic carbocycles. The van der Waals surface area contributed by atoms with Gasteiger partial charge in [0.15, 0.2) is 5.78 Å². The van der Waals surface area contributed by atoms with E-state index in [1.807, 2.05) is 27.7 Å². The number of rotatable bonds is 9. The molecule has 0 aliphatic rings. The largest absolute Gasteiger partial charge is 0.375 e. The van der Waals surface area contributed by atoms with Gasteiger partial charge >= 0.3 is 0 Å². The summed E-state index contributed by atoms with van der Waals surface area (Å²) in [6, 6.07) is 0. The number of Topliss-reactive ketones (excluding diaryl/α,β-unsaturated/α-hetero) is 1. The first kappa shape index (κ1) is 21.6. The summed E-state index contributed by atoms with van der Waals surface area (Å²) in [4.78, 5) is 12.5. The lowest BCUT2D eigenvalue weighted by Gasteiger charge is -2.34. The Morgan fingerprint density at radius 2 is 1.41 bits per heavy atom. The standard InChI is InChI=1S/C18H37NO3/c1-15(2,3)13-22-17(6,7)10-11-21-18(8,9)14(20)16(4,5)12-19/h10-13,19H2,1-9H3. The topological polar surface area (TPSA) is 61.5 Å². The third-order valence-corrected chi connectivity index (χ3v) is 3.73. The summed E-state index contributed by atoms with van der Waals surface area (Å²) >= 11 is 0. The Kier molecular flexibility index (Phi) is 7.26. The van der Waals surface area contributed by atoms with Crippen LogP contribution in [0.3, 0.4) is 0 Å². The predicted octanol–water partition coefficient (Wildman–Crippen LogP) is 3.57. The van der Waals surface area contributed by atoms with Crippen molar-refractivity contribution < 1.29 is 14.3 Å². The molecule has 0 aliphatic heterocycles. The van der Waals surface area contributed by atoms with Crippen LogP contribution in [0, 0.1) is 10.8 Å². The van der Waals surface area contributed by atoms with E-state index in [4.69, 9.17) is 15.2 Å². The molecular weight excluding hydrogens is 278 g/mol. The average molecular weight is 315 g/mol. The zero-order valence-corrected chi connectivity index (χ0v) is 16.1. The van der Waals surface area contributed by atoms with Crippen molar-refractivity contribution in [3.8, 4) is 0 Å². The highest BCUT2D eigenvalue weighted by molar-refractivity contribution is 5.91. The second-order valence-corrected chi connectivity index (χ2v) is 9.13. The van der Waals surface area contributed by atoms with Crippen LogP contribution >= 0.6 is 0 Å². The summed E-state index contributed by atoms with van der Waals surface area (Å²) in [6.45, 7) is 19.4. The Hall–Kier alpha value is -0.450. The fourth-order valence-electron chi connectivity index (χ4n) is 2.01. The number of carbonyl (C=O) groups excluding carboxylic acids is 1. The molecule has 0 spiro atoms. The molecule has 2 N–H and O–H groups in total. The Labute approximate surface area is 137 Å². The van der Waals surface area contributed by atoms with Gasteiger partial charge in [0.2, 0.25) is 0 Å². The van der Waals surface area contributed by atoms with Crippen LogP contribution in [-0.4, -0.2) is 36.7 Å². The number of nitrogens with two attached hydrogens (primary N) is 1. The maximum Gasteiger partial charge on any atom is 0.170 e. The van der Waals surface area contributed by atoms with Crippen molar-refractivity contribution in [3.63, 3.8) is 0 Å². The normalized spacial score (nSPS) is 14.3. The Bertz CT molecular complexity index is 365. The van der Waals surface area contributed by atoms with Gasteiger partial charge in [0.1, 0.15) is 5.60 Å². The smallest absolute Gasteiger partial charge is 0.170 e. The van der Waals surface area contributed by atoms with E-state index in [-0.39, 0.29) is 16.8 Å². The van der Waals surface area contributed by atoms with Gasteiger partial charge in [-0.15, -0.1) is 0 Å². The summed E-state index contributed by atoms with van der Waals surface area (Å²) in [6.07, 6.45) is 0.739. The monoisotopic (exact) mass is 315 g/mol. The van der Waals surface area contributed by atoms with Crippen LogP contribution in [0.1, 0.15) is 68.7 Å². The van der Waals surface area contributed by atoms with Crippen LogP contribution in [0.5, 0.6) is 0 Å². The van der Waals surface area contributed by atoms with E-state index < -0.39 is 11.0 Å². The second-order valence-electron chi connectivity index (χ2n) is 9.13. The van der Waals surface area contributed by atoms with E-state index in [0.717, 1.165) is 6.42 Å². The van der Waals surface area contributed by atoms with Crippen LogP contribution in [-0.2, 0) is 14.3 Å². The SMILES string of the molecule is CC(C)(C)COC(C)(C)CCOC(C)(C)C(=O)C(C)(C)CN.